The minimum absolute atomic E-state index is 1.12. The molecule has 0 atom stereocenters. The van der Waals surface area contributed by atoms with Crippen molar-refractivity contribution >= 4 is 39.2 Å². The second kappa shape index (κ2) is 10.0. The van der Waals surface area contributed by atoms with Gasteiger partial charge in [0.1, 0.15) is 0 Å². The fourth-order valence-corrected chi connectivity index (χ4v) is 4.84. The average Bonchev–Trinajstić information content (AvgIpc) is 2.98. The van der Waals surface area contributed by atoms with E-state index in [1.165, 1.54) is 21.9 Å². The summed E-state index contributed by atoms with van der Waals surface area (Å²) in [5.41, 5.74) is 8.09. The van der Waals surface area contributed by atoms with Crippen molar-refractivity contribution in [2.45, 2.75) is 0 Å². The molecule has 0 saturated heterocycles. The zero-order valence-electron chi connectivity index (χ0n) is 20.8. The molecule has 0 bridgehead atoms. The third-order valence-electron chi connectivity index (χ3n) is 6.84. The molecule has 0 heterocycles. The van der Waals surface area contributed by atoms with Crippen LogP contribution in [-0.4, -0.2) is 7.05 Å². The van der Waals surface area contributed by atoms with E-state index < -0.39 is 0 Å². The standard InChI is InChI=1S/C35H28N2/c1-36(31-16-6-3-7-17-31)32-21-23-33(24-22-32)37(35-20-19-28-13-8-9-14-29(28)26-35)34-18-10-15-30(25-34)27-11-4-2-5-12-27/h2-26H,1H3. The fraction of sp³-hybridized carbons (Fsp3) is 0.0286. The summed E-state index contributed by atoms with van der Waals surface area (Å²) in [5, 5.41) is 2.47. The molecular weight excluding hydrogens is 448 g/mol. The summed E-state index contributed by atoms with van der Waals surface area (Å²) < 4.78 is 0. The lowest BCUT2D eigenvalue weighted by molar-refractivity contribution is 1.20. The molecule has 0 aliphatic rings. The summed E-state index contributed by atoms with van der Waals surface area (Å²) in [6, 6.07) is 53.8. The van der Waals surface area contributed by atoms with Crippen LogP contribution >= 0.6 is 0 Å². The van der Waals surface area contributed by atoms with Gasteiger partial charge in [0.2, 0.25) is 0 Å². The number of nitrogens with zero attached hydrogens (tertiary/aromatic N) is 2. The van der Waals surface area contributed by atoms with E-state index in [-0.39, 0.29) is 0 Å². The highest BCUT2D eigenvalue weighted by atomic mass is 15.1. The van der Waals surface area contributed by atoms with Gasteiger partial charge in [-0.15, -0.1) is 0 Å². The summed E-state index contributed by atoms with van der Waals surface area (Å²) in [7, 11) is 2.11. The van der Waals surface area contributed by atoms with Crippen molar-refractivity contribution in [3.63, 3.8) is 0 Å². The van der Waals surface area contributed by atoms with Gasteiger partial charge in [-0.3, -0.25) is 0 Å². The molecule has 0 amide bonds. The Kier molecular flexibility index (Phi) is 6.14. The van der Waals surface area contributed by atoms with E-state index in [2.05, 4.69) is 162 Å². The largest absolute Gasteiger partial charge is 0.345 e. The Morgan fingerprint density at radius 3 is 1.62 bits per heavy atom. The number of rotatable bonds is 6. The molecule has 0 aromatic heterocycles. The maximum absolute atomic E-state index is 2.34. The molecular formula is C35H28N2. The van der Waals surface area contributed by atoms with Crippen LogP contribution in [0, 0.1) is 0 Å². The van der Waals surface area contributed by atoms with Crippen molar-refractivity contribution in [3.8, 4) is 11.1 Å². The highest BCUT2D eigenvalue weighted by Gasteiger charge is 2.15. The van der Waals surface area contributed by atoms with Crippen LogP contribution in [0.15, 0.2) is 152 Å². The number of benzene rings is 6. The molecule has 6 rings (SSSR count). The van der Waals surface area contributed by atoms with Crippen molar-refractivity contribution in [1.29, 1.82) is 0 Å². The maximum Gasteiger partial charge on any atom is 0.0468 e. The van der Waals surface area contributed by atoms with E-state index in [0.717, 1.165) is 28.4 Å². The van der Waals surface area contributed by atoms with Crippen molar-refractivity contribution in [2.24, 2.45) is 0 Å². The van der Waals surface area contributed by atoms with Crippen LogP contribution in [0.5, 0.6) is 0 Å². The Hall–Kier alpha value is -4.82. The lowest BCUT2D eigenvalue weighted by Crippen LogP contribution is -2.12. The molecule has 0 spiro atoms. The molecule has 0 aliphatic carbocycles. The lowest BCUT2D eigenvalue weighted by Gasteiger charge is -2.27. The van der Waals surface area contributed by atoms with E-state index in [4.69, 9.17) is 0 Å². The van der Waals surface area contributed by atoms with E-state index in [9.17, 15) is 0 Å². The molecule has 6 aromatic carbocycles. The van der Waals surface area contributed by atoms with Crippen LogP contribution in [0.2, 0.25) is 0 Å². The highest BCUT2D eigenvalue weighted by molar-refractivity contribution is 5.90. The monoisotopic (exact) mass is 476 g/mol. The number of anilines is 5. The van der Waals surface area contributed by atoms with Crippen LogP contribution in [-0.2, 0) is 0 Å². The molecule has 178 valence electrons. The van der Waals surface area contributed by atoms with E-state index in [0.29, 0.717) is 0 Å². The van der Waals surface area contributed by atoms with Crippen LogP contribution in [0.4, 0.5) is 28.4 Å². The van der Waals surface area contributed by atoms with Crippen molar-refractivity contribution < 1.29 is 0 Å². The van der Waals surface area contributed by atoms with Gasteiger partial charge in [-0.25, -0.2) is 0 Å². The Balaban J connectivity index is 1.44. The predicted molar refractivity (Wildman–Crippen MR) is 159 cm³/mol. The summed E-state index contributed by atoms with van der Waals surface area (Å²) in [5.74, 6) is 0. The molecule has 37 heavy (non-hydrogen) atoms. The van der Waals surface area contributed by atoms with E-state index in [1.807, 2.05) is 6.07 Å². The van der Waals surface area contributed by atoms with Gasteiger partial charge in [0.15, 0.2) is 0 Å². The summed E-state index contributed by atoms with van der Waals surface area (Å²) >= 11 is 0. The topological polar surface area (TPSA) is 6.48 Å². The molecule has 0 aliphatic heterocycles. The third kappa shape index (κ3) is 4.70. The van der Waals surface area contributed by atoms with Crippen molar-refractivity contribution in [1.82, 2.24) is 0 Å². The van der Waals surface area contributed by atoms with Gasteiger partial charge in [-0.1, -0.05) is 91.0 Å². The molecule has 0 unspecified atom stereocenters. The highest BCUT2D eigenvalue weighted by Crippen LogP contribution is 2.38. The second-order valence-corrected chi connectivity index (χ2v) is 9.19. The number of para-hydroxylation sites is 1. The second-order valence-electron chi connectivity index (χ2n) is 9.19. The average molecular weight is 477 g/mol. The smallest absolute Gasteiger partial charge is 0.0468 e. The molecule has 2 nitrogen and oxygen atoms in total. The lowest BCUT2D eigenvalue weighted by atomic mass is 10.0. The first-order valence-electron chi connectivity index (χ1n) is 12.6. The van der Waals surface area contributed by atoms with Gasteiger partial charge < -0.3 is 9.80 Å². The zero-order valence-corrected chi connectivity index (χ0v) is 20.8. The van der Waals surface area contributed by atoms with Crippen LogP contribution in [0.1, 0.15) is 0 Å². The zero-order chi connectivity index (χ0) is 25.0. The Morgan fingerprint density at radius 1 is 0.351 bits per heavy atom. The number of hydrogen-bond donors (Lipinski definition) is 0. The van der Waals surface area contributed by atoms with Crippen LogP contribution < -0.4 is 9.80 Å². The van der Waals surface area contributed by atoms with Crippen molar-refractivity contribution in [3.05, 3.63) is 152 Å². The first-order valence-corrected chi connectivity index (χ1v) is 12.6. The number of hydrogen-bond acceptors (Lipinski definition) is 2. The summed E-state index contributed by atoms with van der Waals surface area (Å²) in [6.45, 7) is 0. The normalized spacial score (nSPS) is 10.8. The van der Waals surface area contributed by atoms with Gasteiger partial charge >= 0.3 is 0 Å². The minimum Gasteiger partial charge on any atom is -0.345 e. The first kappa shape index (κ1) is 22.6. The molecule has 6 aromatic rings. The Morgan fingerprint density at radius 2 is 0.865 bits per heavy atom. The fourth-order valence-electron chi connectivity index (χ4n) is 4.84. The summed E-state index contributed by atoms with van der Waals surface area (Å²) in [4.78, 5) is 4.55. The van der Waals surface area contributed by atoms with E-state index in [1.54, 1.807) is 0 Å². The first-order chi connectivity index (χ1) is 18.3. The molecule has 0 fully saturated rings. The quantitative estimate of drug-likeness (QED) is 0.236. The van der Waals surface area contributed by atoms with Gasteiger partial charge in [0.05, 0.1) is 0 Å². The van der Waals surface area contributed by atoms with Crippen molar-refractivity contribution in [2.75, 3.05) is 16.8 Å². The van der Waals surface area contributed by atoms with Gasteiger partial charge in [0.25, 0.3) is 0 Å². The number of fused-ring (bicyclic) bond motifs is 1. The van der Waals surface area contributed by atoms with Gasteiger partial charge in [0, 0.05) is 35.5 Å². The SMILES string of the molecule is CN(c1ccccc1)c1ccc(N(c2cccc(-c3ccccc3)c2)c2ccc3ccccc3c2)cc1. The van der Waals surface area contributed by atoms with Crippen LogP contribution in [0.25, 0.3) is 21.9 Å². The van der Waals surface area contributed by atoms with Crippen LogP contribution in [0.3, 0.4) is 0 Å². The molecule has 0 saturated carbocycles. The van der Waals surface area contributed by atoms with Gasteiger partial charge in [-0.2, -0.15) is 0 Å². The third-order valence-corrected chi connectivity index (χ3v) is 6.84. The van der Waals surface area contributed by atoms with E-state index >= 15 is 0 Å². The predicted octanol–water partition coefficient (Wildman–Crippen LogP) is 9.74. The molecule has 2 heteroatoms. The Labute approximate surface area is 218 Å². The van der Waals surface area contributed by atoms with Gasteiger partial charge in [-0.05, 0) is 82.6 Å². The summed E-state index contributed by atoms with van der Waals surface area (Å²) in [6.07, 6.45) is 0. The minimum atomic E-state index is 1.12. The molecule has 0 radical (unpaired) electrons. The maximum atomic E-state index is 2.34. The molecule has 0 N–H and O–H groups in total. The Bertz CT molecular complexity index is 1620.